The van der Waals surface area contributed by atoms with Gasteiger partial charge in [-0.2, -0.15) is 0 Å². The maximum absolute atomic E-state index is 12.7. The maximum atomic E-state index is 12.7. The van der Waals surface area contributed by atoms with Gasteiger partial charge in [0.15, 0.2) is 0 Å². The highest BCUT2D eigenvalue weighted by Gasteiger charge is 2.60. The maximum Gasteiger partial charge on any atom is 0.410 e. The third-order valence-electron chi connectivity index (χ3n) is 7.05. The summed E-state index contributed by atoms with van der Waals surface area (Å²) < 4.78 is 7.30. The van der Waals surface area contributed by atoms with Crippen molar-refractivity contribution >= 4 is 29.7 Å². The van der Waals surface area contributed by atoms with Gasteiger partial charge in [0.25, 0.3) is 0 Å². The topological polar surface area (TPSA) is 125 Å². The Morgan fingerprint density at radius 1 is 1.43 bits per heavy atom. The molecule has 0 aliphatic carbocycles. The van der Waals surface area contributed by atoms with Crippen molar-refractivity contribution < 1.29 is 29.3 Å². The number of carbonyl (C=O) groups is 3. The van der Waals surface area contributed by atoms with Gasteiger partial charge in [-0.1, -0.05) is 19.6 Å². The van der Waals surface area contributed by atoms with E-state index in [-0.39, 0.29) is 41.5 Å². The first-order valence-electron chi connectivity index (χ1n) is 11.9. The SMILES string of the molecule is C=CCOC(=O)N1C[C@@H](SC2=C(C(=O)O)N3C(=O)[C@H]([C@@H](C)O)[C@H]3[C@H]2C)C[C@@H]1CCCn1ccnc1. The molecule has 6 atom stereocenters. The van der Waals surface area contributed by atoms with E-state index in [1.54, 1.807) is 24.3 Å². The number of carboxylic acids is 1. The molecule has 0 spiro atoms. The summed E-state index contributed by atoms with van der Waals surface area (Å²) in [6.07, 6.45) is 7.99. The van der Waals surface area contributed by atoms with Crippen LogP contribution in [0, 0.1) is 11.8 Å². The lowest BCUT2D eigenvalue weighted by Gasteiger charge is -2.46. The Morgan fingerprint density at radius 3 is 2.83 bits per heavy atom. The van der Waals surface area contributed by atoms with Crippen molar-refractivity contribution in [1.82, 2.24) is 19.4 Å². The molecule has 35 heavy (non-hydrogen) atoms. The summed E-state index contributed by atoms with van der Waals surface area (Å²) in [4.78, 5) is 45.2. The van der Waals surface area contributed by atoms with Gasteiger partial charge in [0.05, 0.1) is 24.4 Å². The number of ether oxygens (including phenoxy) is 1. The van der Waals surface area contributed by atoms with Crippen LogP contribution in [0.15, 0.2) is 42.0 Å². The number of carboxylic acid groups (broad SMARTS) is 1. The number of fused-ring (bicyclic) bond motifs is 1. The normalized spacial score (nSPS) is 28.7. The minimum Gasteiger partial charge on any atom is -0.477 e. The molecule has 3 aliphatic rings. The second-order valence-corrected chi connectivity index (χ2v) is 10.7. The number of carbonyl (C=O) groups excluding carboxylic acids is 2. The molecular weight excluding hydrogens is 472 g/mol. The van der Waals surface area contributed by atoms with Gasteiger partial charge in [-0.25, -0.2) is 14.6 Å². The van der Waals surface area contributed by atoms with E-state index in [1.807, 2.05) is 17.7 Å². The molecule has 2 saturated heterocycles. The zero-order valence-corrected chi connectivity index (χ0v) is 20.8. The molecule has 4 heterocycles. The highest BCUT2D eigenvalue weighted by molar-refractivity contribution is 8.03. The zero-order chi connectivity index (χ0) is 25.3. The molecule has 0 unspecified atom stereocenters. The number of aliphatic hydroxyl groups is 1. The molecule has 1 aromatic rings. The Hall–Kier alpha value is -2.79. The highest BCUT2D eigenvalue weighted by atomic mass is 32.2. The molecule has 1 aromatic heterocycles. The van der Waals surface area contributed by atoms with Gasteiger partial charge in [0.1, 0.15) is 12.3 Å². The average Bonchev–Trinajstić information content (AvgIpc) is 3.51. The lowest BCUT2D eigenvalue weighted by atomic mass is 9.79. The fourth-order valence-electron chi connectivity index (χ4n) is 5.46. The van der Waals surface area contributed by atoms with E-state index in [2.05, 4.69) is 11.6 Å². The Bertz CT molecular complexity index is 1010. The van der Waals surface area contributed by atoms with Gasteiger partial charge >= 0.3 is 12.1 Å². The smallest absolute Gasteiger partial charge is 0.410 e. The number of hydrogen-bond donors (Lipinski definition) is 2. The molecule has 0 aromatic carbocycles. The summed E-state index contributed by atoms with van der Waals surface area (Å²) in [5, 5.41) is 19.9. The third-order valence-corrected chi connectivity index (χ3v) is 8.55. The number of aliphatic hydroxyl groups excluding tert-OH is 1. The van der Waals surface area contributed by atoms with Gasteiger partial charge in [0, 0.05) is 47.6 Å². The van der Waals surface area contributed by atoms with Crippen LogP contribution in [-0.4, -0.2) is 84.1 Å². The minimum atomic E-state index is -1.14. The van der Waals surface area contributed by atoms with Crippen molar-refractivity contribution in [1.29, 1.82) is 0 Å². The monoisotopic (exact) mass is 504 g/mol. The molecule has 190 valence electrons. The van der Waals surface area contributed by atoms with Crippen LogP contribution >= 0.6 is 11.8 Å². The zero-order valence-electron chi connectivity index (χ0n) is 19.9. The van der Waals surface area contributed by atoms with Crippen LogP contribution in [0.2, 0.25) is 0 Å². The van der Waals surface area contributed by atoms with Crippen molar-refractivity contribution in [2.45, 2.75) is 63.1 Å². The summed E-state index contributed by atoms with van der Waals surface area (Å²) in [5.41, 5.74) is 0.0127. The molecule has 3 aliphatic heterocycles. The van der Waals surface area contributed by atoms with Crippen LogP contribution in [0.1, 0.15) is 33.1 Å². The van der Waals surface area contributed by atoms with Crippen LogP contribution in [0.5, 0.6) is 0 Å². The van der Waals surface area contributed by atoms with Crippen molar-refractivity contribution in [3.8, 4) is 0 Å². The number of aromatic nitrogens is 2. The second kappa shape index (κ2) is 10.4. The predicted molar refractivity (Wildman–Crippen MR) is 129 cm³/mol. The lowest BCUT2D eigenvalue weighted by Crippen LogP contribution is -2.63. The molecule has 10 nitrogen and oxygen atoms in total. The first kappa shape index (κ1) is 25.3. The summed E-state index contributed by atoms with van der Waals surface area (Å²) in [7, 11) is 0. The van der Waals surface area contributed by atoms with E-state index >= 15 is 0 Å². The fraction of sp³-hybridized carbons (Fsp3) is 0.583. The molecule has 0 radical (unpaired) electrons. The van der Waals surface area contributed by atoms with E-state index in [9.17, 15) is 24.6 Å². The van der Waals surface area contributed by atoms with E-state index in [1.165, 1.54) is 22.7 Å². The number of β-lactam (4-membered cyclic amide) rings is 1. The lowest BCUT2D eigenvalue weighted by molar-refractivity contribution is -0.163. The number of aliphatic carboxylic acids is 1. The molecule has 2 amide bonds. The predicted octanol–water partition coefficient (Wildman–Crippen LogP) is 2.32. The summed E-state index contributed by atoms with van der Waals surface area (Å²) in [6.45, 7) is 8.41. The number of imidazole rings is 1. The summed E-state index contributed by atoms with van der Waals surface area (Å²) >= 11 is 1.44. The molecular formula is C24H32N4O6S. The molecule has 2 N–H and O–H groups in total. The Balaban J connectivity index is 1.48. The molecule has 0 saturated carbocycles. The number of likely N-dealkylation sites (tertiary alicyclic amines) is 1. The number of nitrogens with zero attached hydrogens (tertiary/aromatic N) is 4. The first-order chi connectivity index (χ1) is 16.7. The number of aryl methyl sites for hydroxylation is 1. The minimum absolute atomic E-state index is 0.0127. The summed E-state index contributed by atoms with van der Waals surface area (Å²) in [6, 6.07) is -0.389. The average molecular weight is 505 g/mol. The van der Waals surface area contributed by atoms with Crippen LogP contribution in [-0.2, 0) is 20.9 Å². The fourth-order valence-corrected chi connectivity index (χ4v) is 7.02. The van der Waals surface area contributed by atoms with Gasteiger partial charge in [-0.3, -0.25) is 4.79 Å². The Labute approximate surface area is 208 Å². The van der Waals surface area contributed by atoms with Gasteiger partial charge in [0.2, 0.25) is 5.91 Å². The largest absolute Gasteiger partial charge is 0.477 e. The van der Waals surface area contributed by atoms with Crippen molar-refractivity contribution in [3.63, 3.8) is 0 Å². The van der Waals surface area contributed by atoms with Crippen LogP contribution in [0.3, 0.4) is 0 Å². The van der Waals surface area contributed by atoms with E-state index in [0.717, 1.165) is 19.4 Å². The Morgan fingerprint density at radius 2 is 2.20 bits per heavy atom. The van der Waals surface area contributed by atoms with Crippen molar-refractivity contribution in [2.24, 2.45) is 11.8 Å². The van der Waals surface area contributed by atoms with Gasteiger partial charge in [-0.05, 0) is 26.2 Å². The summed E-state index contributed by atoms with van der Waals surface area (Å²) in [5.74, 6) is -2.29. The van der Waals surface area contributed by atoms with Crippen LogP contribution in [0.4, 0.5) is 4.79 Å². The van der Waals surface area contributed by atoms with Crippen LogP contribution < -0.4 is 0 Å². The number of amides is 2. The van der Waals surface area contributed by atoms with Gasteiger partial charge < -0.3 is 29.3 Å². The number of hydrogen-bond acceptors (Lipinski definition) is 7. The highest BCUT2D eigenvalue weighted by Crippen LogP contribution is 2.52. The standard InChI is InChI=1S/C24H32N4O6S/c1-4-10-34-24(33)27-12-17(11-16(27)6-5-8-26-9-7-25-13-26)35-21-14(2)19-18(15(3)29)22(30)28(19)20(21)23(31)32/h4,7,9,13-19,29H,1,5-6,8,10-12H2,2-3H3,(H,31,32)/t14-,15-,16+,17+,18-,19-/m1/s1. The van der Waals surface area contributed by atoms with Crippen molar-refractivity contribution in [3.05, 3.63) is 42.0 Å². The molecule has 11 heteroatoms. The van der Waals surface area contributed by atoms with E-state index in [0.29, 0.717) is 17.9 Å². The van der Waals surface area contributed by atoms with E-state index in [4.69, 9.17) is 4.74 Å². The second-order valence-electron chi connectivity index (χ2n) is 9.36. The van der Waals surface area contributed by atoms with Crippen LogP contribution in [0.25, 0.3) is 0 Å². The third kappa shape index (κ3) is 4.84. The molecule has 4 rings (SSSR count). The van der Waals surface area contributed by atoms with Crippen molar-refractivity contribution in [2.75, 3.05) is 13.2 Å². The number of thioether (sulfide) groups is 1. The van der Waals surface area contributed by atoms with Gasteiger partial charge in [-0.15, -0.1) is 11.8 Å². The first-order valence-corrected chi connectivity index (χ1v) is 12.8. The quantitative estimate of drug-likeness (QED) is 0.367. The number of rotatable bonds is 10. The Kier molecular flexibility index (Phi) is 7.56. The van der Waals surface area contributed by atoms with E-state index < -0.39 is 24.1 Å². The molecule has 0 bridgehead atoms. The molecule has 2 fully saturated rings.